The summed E-state index contributed by atoms with van der Waals surface area (Å²) < 4.78 is 29.7. The van der Waals surface area contributed by atoms with Gasteiger partial charge in [0.2, 0.25) is 15.9 Å². The zero-order chi connectivity index (χ0) is 20.4. The zero-order valence-electron chi connectivity index (χ0n) is 15.3. The summed E-state index contributed by atoms with van der Waals surface area (Å²) >= 11 is 0. The molecule has 1 aromatic rings. The molecule has 1 amide bonds. The smallest absolute Gasteiger partial charge is 0.323 e. The number of aliphatic carboxylic acids is 1. The third-order valence-corrected chi connectivity index (χ3v) is 4.22. The van der Waals surface area contributed by atoms with Crippen LogP contribution in [0.25, 0.3) is 0 Å². The first kappa shape index (κ1) is 22.6. The van der Waals surface area contributed by atoms with Crippen molar-refractivity contribution in [3.63, 3.8) is 0 Å². The van der Waals surface area contributed by atoms with Crippen molar-refractivity contribution in [3.8, 4) is 5.75 Å². The van der Waals surface area contributed by atoms with Crippen LogP contribution in [0.4, 0.5) is 0 Å². The van der Waals surface area contributed by atoms with Crippen LogP contribution in [-0.4, -0.2) is 56.6 Å². The molecule has 0 radical (unpaired) electrons. The maximum Gasteiger partial charge on any atom is 0.323 e. The molecule has 27 heavy (non-hydrogen) atoms. The van der Waals surface area contributed by atoms with Gasteiger partial charge in [0.15, 0.2) is 0 Å². The van der Waals surface area contributed by atoms with Crippen molar-refractivity contribution in [2.75, 3.05) is 19.4 Å². The second-order valence-corrected chi connectivity index (χ2v) is 7.82. The number of ether oxygens (including phenoxy) is 1. The van der Waals surface area contributed by atoms with Crippen molar-refractivity contribution < 1.29 is 27.9 Å². The summed E-state index contributed by atoms with van der Waals surface area (Å²) in [6.07, 6.45) is 2.20. The largest absolute Gasteiger partial charge is 0.494 e. The fourth-order valence-electron chi connectivity index (χ4n) is 2.12. The number of hydrogen-bond donors (Lipinski definition) is 4. The van der Waals surface area contributed by atoms with Crippen molar-refractivity contribution >= 4 is 27.6 Å². The van der Waals surface area contributed by atoms with Crippen molar-refractivity contribution in [2.24, 2.45) is 0 Å². The Morgan fingerprint density at radius 1 is 1.22 bits per heavy atom. The molecular formula is C17H25N3O6S. The maximum atomic E-state index is 11.7. The highest BCUT2D eigenvalue weighted by atomic mass is 32.2. The number of carboxylic acids is 1. The van der Waals surface area contributed by atoms with Gasteiger partial charge in [0, 0.05) is 18.7 Å². The first-order valence-electron chi connectivity index (χ1n) is 8.33. The predicted octanol–water partition coefficient (Wildman–Crippen LogP) is 0.742. The molecule has 1 unspecified atom stereocenters. The lowest BCUT2D eigenvalue weighted by Gasteiger charge is -2.13. The van der Waals surface area contributed by atoms with E-state index >= 15 is 0 Å². The number of rotatable bonds is 12. The van der Waals surface area contributed by atoms with Gasteiger partial charge < -0.3 is 20.6 Å². The Labute approximate surface area is 158 Å². The monoisotopic (exact) mass is 399 g/mol. The minimum Gasteiger partial charge on any atom is -0.494 e. The number of sulfonamides is 1. The molecular weight excluding hydrogens is 374 g/mol. The first-order valence-corrected chi connectivity index (χ1v) is 10.2. The van der Waals surface area contributed by atoms with Gasteiger partial charge in [-0.2, -0.15) is 4.72 Å². The van der Waals surface area contributed by atoms with E-state index in [1.54, 1.807) is 31.2 Å². The molecule has 0 saturated heterocycles. The van der Waals surface area contributed by atoms with Crippen molar-refractivity contribution in [1.29, 1.82) is 5.41 Å². The second kappa shape index (κ2) is 10.6. The standard InChI is InChI=1S/C17H25N3O6S/c1-12(18)13-6-8-14(9-7-13)26-10-4-3-5-16(21)19-11-15(17(22)23)20-27(2,24)25/h6-9,15,18,20H,3-5,10-11H2,1-2H3,(H,19,21)(H,22,23). The van der Waals surface area contributed by atoms with E-state index in [0.717, 1.165) is 11.8 Å². The molecule has 0 aliphatic carbocycles. The minimum absolute atomic E-state index is 0.181. The molecule has 0 bridgehead atoms. The SMILES string of the molecule is CC(=N)c1ccc(OCCCCC(=O)NCC(NS(C)(=O)=O)C(=O)O)cc1. The summed E-state index contributed by atoms with van der Waals surface area (Å²) in [7, 11) is -3.68. The van der Waals surface area contributed by atoms with Gasteiger partial charge in [-0.1, -0.05) is 0 Å². The van der Waals surface area contributed by atoms with E-state index < -0.39 is 22.0 Å². The normalized spacial score (nSPS) is 12.2. The molecule has 9 nitrogen and oxygen atoms in total. The van der Waals surface area contributed by atoms with Gasteiger partial charge in [-0.05, 0) is 49.6 Å². The average Bonchev–Trinajstić information content (AvgIpc) is 2.57. The molecule has 0 aliphatic rings. The third-order valence-electron chi connectivity index (χ3n) is 3.51. The molecule has 4 N–H and O–H groups in total. The lowest BCUT2D eigenvalue weighted by Crippen LogP contribution is -2.48. The van der Waals surface area contributed by atoms with Gasteiger partial charge in [0.25, 0.3) is 0 Å². The lowest BCUT2D eigenvalue weighted by molar-refractivity contribution is -0.138. The maximum absolute atomic E-state index is 11.7. The molecule has 0 fully saturated rings. The predicted molar refractivity (Wildman–Crippen MR) is 101 cm³/mol. The van der Waals surface area contributed by atoms with Crippen LogP contribution in [0.3, 0.4) is 0 Å². The lowest BCUT2D eigenvalue weighted by atomic mass is 10.1. The molecule has 0 saturated carbocycles. The van der Waals surface area contributed by atoms with Crippen LogP contribution in [-0.2, 0) is 19.6 Å². The number of carbonyl (C=O) groups excluding carboxylic acids is 1. The van der Waals surface area contributed by atoms with E-state index in [9.17, 15) is 18.0 Å². The van der Waals surface area contributed by atoms with E-state index in [4.69, 9.17) is 15.3 Å². The number of benzene rings is 1. The van der Waals surface area contributed by atoms with Gasteiger partial charge in [0.05, 0.1) is 12.9 Å². The summed E-state index contributed by atoms with van der Waals surface area (Å²) in [5, 5.41) is 18.9. The Kier molecular flexibility index (Phi) is 8.89. The Balaban J connectivity index is 2.24. The summed E-state index contributed by atoms with van der Waals surface area (Å²) in [6, 6.07) is 5.75. The van der Waals surface area contributed by atoms with Crippen LogP contribution >= 0.6 is 0 Å². The highest BCUT2D eigenvalue weighted by Gasteiger charge is 2.21. The van der Waals surface area contributed by atoms with Crippen LogP contribution in [0.15, 0.2) is 24.3 Å². The molecule has 0 aliphatic heterocycles. The van der Waals surface area contributed by atoms with Gasteiger partial charge in [-0.15, -0.1) is 0 Å². The van der Waals surface area contributed by atoms with Crippen molar-refractivity contribution in [1.82, 2.24) is 10.0 Å². The Bertz CT molecular complexity index is 761. The number of unbranched alkanes of at least 4 members (excludes halogenated alkanes) is 1. The van der Waals surface area contributed by atoms with E-state index in [0.29, 0.717) is 30.9 Å². The first-order chi connectivity index (χ1) is 12.6. The van der Waals surface area contributed by atoms with Crippen LogP contribution < -0.4 is 14.8 Å². The highest BCUT2D eigenvalue weighted by Crippen LogP contribution is 2.13. The molecule has 1 atom stereocenters. The van der Waals surface area contributed by atoms with Gasteiger partial charge >= 0.3 is 5.97 Å². The van der Waals surface area contributed by atoms with E-state index in [1.807, 2.05) is 4.72 Å². The van der Waals surface area contributed by atoms with Crippen LogP contribution in [0.2, 0.25) is 0 Å². The summed E-state index contributed by atoms with van der Waals surface area (Å²) in [5.74, 6) is -1.04. The minimum atomic E-state index is -3.68. The number of carbonyl (C=O) groups is 2. The Morgan fingerprint density at radius 2 is 1.85 bits per heavy atom. The van der Waals surface area contributed by atoms with Gasteiger partial charge in [-0.3, -0.25) is 9.59 Å². The molecule has 0 aromatic heterocycles. The molecule has 10 heteroatoms. The number of amides is 1. The molecule has 0 spiro atoms. The van der Waals surface area contributed by atoms with Gasteiger partial charge in [0.1, 0.15) is 11.8 Å². The molecule has 150 valence electrons. The molecule has 0 heterocycles. The fourth-order valence-corrected chi connectivity index (χ4v) is 2.82. The van der Waals surface area contributed by atoms with Crippen molar-refractivity contribution in [3.05, 3.63) is 29.8 Å². The van der Waals surface area contributed by atoms with Crippen LogP contribution in [0.1, 0.15) is 31.7 Å². The number of hydrogen-bond acceptors (Lipinski definition) is 6. The van der Waals surface area contributed by atoms with E-state index in [2.05, 4.69) is 5.32 Å². The summed E-state index contributed by atoms with van der Waals surface area (Å²) in [4.78, 5) is 22.7. The number of nitrogens with one attached hydrogen (secondary N) is 3. The fraction of sp³-hybridized carbons (Fsp3) is 0.471. The average molecular weight is 399 g/mol. The molecule has 1 rings (SSSR count). The Morgan fingerprint density at radius 3 is 2.37 bits per heavy atom. The summed E-state index contributed by atoms with van der Waals surface area (Å²) in [5.41, 5.74) is 1.30. The van der Waals surface area contributed by atoms with Crippen LogP contribution in [0.5, 0.6) is 5.75 Å². The van der Waals surface area contributed by atoms with Crippen LogP contribution in [0, 0.1) is 5.41 Å². The zero-order valence-corrected chi connectivity index (χ0v) is 16.1. The molecule has 1 aromatic carbocycles. The second-order valence-electron chi connectivity index (χ2n) is 6.04. The highest BCUT2D eigenvalue weighted by molar-refractivity contribution is 7.88. The van der Waals surface area contributed by atoms with E-state index in [-0.39, 0.29) is 18.9 Å². The topological polar surface area (TPSA) is 146 Å². The summed E-state index contributed by atoms with van der Waals surface area (Å²) in [6.45, 7) is 1.80. The number of carboxylic acid groups (broad SMARTS) is 1. The quantitative estimate of drug-likeness (QED) is 0.301. The van der Waals surface area contributed by atoms with Crippen molar-refractivity contribution in [2.45, 2.75) is 32.2 Å². The third kappa shape index (κ3) is 9.71. The Hall–Kier alpha value is -2.46. The van der Waals surface area contributed by atoms with Gasteiger partial charge in [-0.25, -0.2) is 8.42 Å². The van der Waals surface area contributed by atoms with E-state index in [1.165, 1.54) is 0 Å².